The van der Waals surface area contributed by atoms with Crippen LogP contribution in [0.5, 0.6) is 0 Å². The number of fused-ring (bicyclic) bond motifs is 1. The molecule has 1 aromatic rings. The number of sulfonamides is 1. The molecule has 1 atom stereocenters. The van der Waals surface area contributed by atoms with Crippen LogP contribution in [-0.4, -0.2) is 38.9 Å². The van der Waals surface area contributed by atoms with E-state index in [1.165, 1.54) is 0 Å². The van der Waals surface area contributed by atoms with Crippen LogP contribution in [0.4, 0.5) is 4.39 Å². The van der Waals surface area contributed by atoms with Gasteiger partial charge in [-0.05, 0) is 25.0 Å². The van der Waals surface area contributed by atoms with Crippen LogP contribution >= 0.6 is 0 Å². The van der Waals surface area contributed by atoms with Crippen molar-refractivity contribution in [3.8, 4) is 0 Å². The number of halogens is 1. The number of piperidine rings is 1. The molecule has 6 heteroatoms. The molecule has 4 nitrogen and oxygen atoms in total. The van der Waals surface area contributed by atoms with E-state index in [1.54, 1.807) is 24.3 Å². The summed E-state index contributed by atoms with van der Waals surface area (Å²) < 4.78 is 40.6. The van der Waals surface area contributed by atoms with Crippen LogP contribution in [-0.2, 0) is 10.0 Å². The number of hydrogen-bond donors (Lipinski definition) is 0. The van der Waals surface area contributed by atoms with Crippen molar-refractivity contribution in [2.45, 2.75) is 17.7 Å². The van der Waals surface area contributed by atoms with E-state index in [0.717, 1.165) is 19.4 Å². The van der Waals surface area contributed by atoms with Crippen molar-refractivity contribution >= 4 is 15.9 Å². The summed E-state index contributed by atoms with van der Waals surface area (Å²) in [5.41, 5.74) is 0.641. The lowest BCUT2D eigenvalue weighted by atomic mass is 9.98. The minimum absolute atomic E-state index is 0.0214. The van der Waals surface area contributed by atoms with Gasteiger partial charge in [-0.3, -0.25) is 4.39 Å². The molecule has 0 bridgehead atoms. The average Bonchev–Trinajstić information content (AvgIpc) is 2.72. The number of nitrogens with zero attached hydrogens (tertiary/aromatic N) is 2. The fourth-order valence-corrected chi connectivity index (χ4v) is 3.93. The Kier molecular flexibility index (Phi) is 3.05. The molecule has 2 aliphatic rings. The Labute approximate surface area is 112 Å². The molecule has 19 heavy (non-hydrogen) atoms. The van der Waals surface area contributed by atoms with Gasteiger partial charge in [-0.1, -0.05) is 12.1 Å². The quantitative estimate of drug-likeness (QED) is 0.789. The molecule has 0 aromatic heterocycles. The fraction of sp³-hybridized carbons (Fsp3) is 0.462. The number of likely N-dealkylation sites (tertiary alicyclic amines) is 1. The van der Waals surface area contributed by atoms with Crippen molar-refractivity contribution in [2.75, 3.05) is 19.8 Å². The topological polar surface area (TPSA) is 49.7 Å². The van der Waals surface area contributed by atoms with Crippen LogP contribution in [0, 0.1) is 5.92 Å². The summed E-state index contributed by atoms with van der Waals surface area (Å²) in [5.74, 6) is 0.459. The molecule has 3 rings (SSSR count). The van der Waals surface area contributed by atoms with E-state index in [-0.39, 0.29) is 17.5 Å². The molecule has 102 valence electrons. The normalized spacial score (nSPS) is 25.0. The highest BCUT2D eigenvalue weighted by Gasteiger charge is 2.33. The zero-order chi connectivity index (χ0) is 13.5. The first kappa shape index (κ1) is 12.6. The van der Waals surface area contributed by atoms with Crippen molar-refractivity contribution in [1.82, 2.24) is 4.90 Å². The summed E-state index contributed by atoms with van der Waals surface area (Å²) in [5, 5.41) is 0. The molecule has 2 aliphatic heterocycles. The van der Waals surface area contributed by atoms with Crippen LogP contribution in [0.15, 0.2) is 33.6 Å². The lowest BCUT2D eigenvalue weighted by molar-refractivity contribution is 0.219. The first-order valence-electron chi connectivity index (χ1n) is 6.37. The SMILES string of the molecule is O=S1(=O)N=C(N2CCCC(CF)C2)c2ccccc21. The number of amidine groups is 1. The monoisotopic (exact) mass is 282 g/mol. The van der Waals surface area contributed by atoms with E-state index in [1.807, 2.05) is 4.90 Å². The molecular formula is C13H15FN2O2S. The Morgan fingerprint density at radius 1 is 1.37 bits per heavy atom. The number of benzene rings is 1. The van der Waals surface area contributed by atoms with Crippen LogP contribution in [0.3, 0.4) is 0 Å². The first-order chi connectivity index (χ1) is 9.12. The maximum atomic E-state index is 12.8. The molecule has 2 heterocycles. The van der Waals surface area contributed by atoms with E-state index in [9.17, 15) is 12.8 Å². The van der Waals surface area contributed by atoms with Gasteiger partial charge in [-0.15, -0.1) is 4.40 Å². The summed E-state index contributed by atoms with van der Waals surface area (Å²) in [6.07, 6.45) is 1.73. The van der Waals surface area contributed by atoms with Gasteiger partial charge in [0, 0.05) is 24.6 Å². The number of rotatable bonds is 1. The zero-order valence-electron chi connectivity index (χ0n) is 10.4. The number of alkyl halides is 1. The molecule has 0 spiro atoms. The van der Waals surface area contributed by atoms with Gasteiger partial charge in [0.05, 0.1) is 6.67 Å². The largest absolute Gasteiger partial charge is 0.355 e. The van der Waals surface area contributed by atoms with Crippen LogP contribution in [0.25, 0.3) is 0 Å². The molecule has 0 amide bonds. The van der Waals surface area contributed by atoms with Crippen LogP contribution < -0.4 is 0 Å². The highest BCUT2D eigenvalue weighted by molar-refractivity contribution is 7.90. The Morgan fingerprint density at radius 3 is 2.95 bits per heavy atom. The lowest BCUT2D eigenvalue weighted by Crippen LogP contribution is -2.40. The second-order valence-corrected chi connectivity index (χ2v) is 6.57. The molecular weight excluding hydrogens is 267 g/mol. The molecule has 0 saturated carbocycles. The second-order valence-electron chi connectivity index (χ2n) is 4.99. The third kappa shape index (κ3) is 2.14. The maximum Gasteiger partial charge on any atom is 0.285 e. The van der Waals surface area contributed by atoms with Crippen molar-refractivity contribution in [3.63, 3.8) is 0 Å². The molecule has 1 saturated heterocycles. The van der Waals surface area contributed by atoms with Crippen molar-refractivity contribution in [2.24, 2.45) is 10.3 Å². The van der Waals surface area contributed by atoms with E-state index in [4.69, 9.17) is 0 Å². The van der Waals surface area contributed by atoms with Crippen LogP contribution in [0.2, 0.25) is 0 Å². The fourth-order valence-electron chi connectivity index (χ4n) is 2.70. The first-order valence-corrected chi connectivity index (χ1v) is 7.81. The second kappa shape index (κ2) is 4.59. The van der Waals surface area contributed by atoms with E-state index in [2.05, 4.69) is 4.40 Å². The zero-order valence-corrected chi connectivity index (χ0v) is 11.2. The van der Waals surface area contributed by atoms with Gasteiger partial charge >= 0.3 is 0 Å². The number of hydrogen-bond acceptors (Lipinski definition) is 3. The summed E-state index contributed by atoms with van der Waals surface area (Å²) in [6, 6.07) is 6.82. The van der Waals surface area contributed by atoms with Gasteiger partial charge in [0.25, 0.3) is 10.0 Å². The molecule has 0 radical (unpaired) electrons. The molecule has 0 N–H and O–H groups in total. The summed E-state index contributed by atoms with van der Waals surface area (Å²) in [7, 11) is -3.58. The Hall–Kier alpha value is -1.43. The molecule has 1 fully saturated rings. The van der Waals surface area contributed by atoms with Gasteiger partial charge in [0.1, 0.15) is 4.90 Å². The minimum atomic E-state index is -3.58. The minimum Gasteiger partial charge on any atom is -0.355 e. The predicted molar refractivity (Wildman–Crippen MR) is 70.4 cm³/mol. The maximum absolute atomic E-state index is 12.8. The van der Waals surface area contributed by atoms with E-state index < -0.39 is 10.0 Å². The highest BCUT2D eigenvalue weighted by atomic mass is 32.2. The smallest absolute Gasteiger partial charge is 0.285 e. The van der Waals surface area contributed by atoms with Gasteiger partial charge < -0.3 is 4.90 Å². The third-order valence-electron chi connectivity index (χ3n) is 3.65. The predicted octanol–water partition coefficient (Wildman–Crippen LogP) is 1.82. The van der Waals surface area contributed by atoms with Crippen molar-refractivity contribution in [3.05, 3.63) is 29.8 Å². The Morgan fingerprint density at radius 2 is 2.16 bits per heavy atom. The molecule has 0 aliphatic carbocycles. The highest BCUT2D eigenvalue weighted by Crippen LogP contribution is 2.29. The average molecular weight is 282 g/mol. The standard InChI is InChI=1S/C13H15FN2O2S/c14-8-10-4-3-7-16(9-10)13-11-5-1-2-6-12(11)19(17,18)15-13/h1-2,5-6,10H,3-4,7-9H2. The Bertz CT molecular complexity index is 627. The summed E-state index contributed by atoms with van der Waals surface area (Å²) >= 11 is 0. The van der Waals surface area contributed by atoms with E-state index >= 15 is 0 Å². The van der Waals surface area contributed by atoms with Gasteiger partial charge in [0.15, 0.2) is 5.84 Å². The van der Waals surface area contributed by atoms with Gasteiger partial charge in [-0.25, -0.2) is 0 Å². The molecule has 1 unspecified atom stereocenters. The summed E-state index contributed by atoms with van der Waals surface area (Å²) in [6.45, 7) is 0.913. The summed E-state index contributed by atoms with van der Waals surface area (Å²) in [4.78, 5) is 2.16. The van der Waals surface area contributed by atoms with E-state index in [0.29, 0.717) is 17.9 Å². The Balaban J connectivity index is 1.98. The van der Waals surface area contributed by atoms with Gasteiger partial charge in [-0.2, -0.15) is 8.42 Å². The molecule has 1 aromatic carbocycles. The van der Waals surface area contributed by atoms with Crippen molar-refractivity contribution in [1.29, 1.82) is 0 Å². The lowest BCUT2D eigenvalue weighted by Gasteiger charge is -2.32. The third-order valence-corrected chi connectivity index (χ3v) is 4.97. The van der Waals surface area contributed by atoms with Crippen molar-refractivity contribution < 1.29 is 12.8 Å². The van der Waals surface area contributed by atoms with Crippen LogP contribution in [0.1, 0.15) is 18.4 Å². The van der Waals surface area contributed by atoms with Gasteiger partial charge in [0.2, 0.25) is 0 Å².